The molecular weight excluding hydrogens is 762 g/mol. The molecule has 2 saturated heterocycles. The van der Waals surface area contributed by atoms with Crippen LogP contribution >= 0.6 is 0 Å². The number of ketones is 1. The Kier molecular flexibility index (Phi) is 10.9. The maximum atomic E-state index is 15.0. The highest BCUT2D eigenvalue weighted by molar-refractivity contribution is 5.94. The number of rotatable bonds is 8. The number of nitrogens with one attached hydrogen (secondary N) is 1. The summed E-state index contributed by atoms with van der Waals surface area (Å²) in [6.07, 6.45) is -11.9. The highest BCUT2D eigenvalue weighted by Gasteiger charge is 2.83. The molecule has 2 bridgehead atoms. The first kappa shape index (κ1) is 42.8. The number of aliphatic hydroxyl groups excluding tert-OH is 3. The first-order chi connectivity index (χ1) is 27.0. The lowest BCUT2D eigenvalue weighted by molar-refractivity contribution is -0.345. The summed E-state index contributed by atoms with van der Waals surface area (Å²) in [7, 11) is 0. The van der Waals surface area contributed by atoms with Crippen molar-refractivity contribution < 1.29 is 77.2 Å². The van der Waals surface area contributed by atoms with Gasteiger partial charge in [-0.2, -0.15) is 0 Å². The van der Waals surface area contributed by atoms with Crippen LogP contribution in [-0.4, -0.2) is 123 Å². The Morgan fingerprint density at radius 2 is 1.69 bits per heavy atom. The molecule has 6 rings (SSSR count). The Hall–Kier alpha value is -4.84. The molecule has 1 unspecified atom stereocenters. The van der Waals surface area contributed by atoms with Crippen molar-refractivity contribution in [2.24, 2.45) is 16.7 Å². The van der Waals surface area contributed by atoms with Crippen molar-refractivity contribution in [2.45, 2.75) is 134 Å². The average molecular weight is 814 g/mol. The van der Waals surface area contributed by atoms with E-state index < -0.39 is 118 Å². The minimum absolute atomic E-state index is 0.0213. The van der Waals surface area contributed by atoms with E-state index in [1.807, 2.05) is 0 Å². The van der Waals surface area contributed by atoms with Crippen LogP contribution in [0.1, 0.15) is 79.1 Å². The molecule has 3 aliphatic carbocycles. The van der Waals surface area contributed by atoms with Crippen molar-refractivity contribution >= 4 is 35.9 Å². The van der Waals surface area contributed by atoms with Gasteiger partial charge in [0.05, 0.1) is 35.6 Å². The Morgan fingerprint density at radius 1 is 1.03 bits per heavy atom. The Morgan fingerprint density at radius 3 is 2.26 bits per heavy atom. The largest absolute Gasteiger partial charge is 0.509 e. The third-order valence-corrected chi connectivity index (χ3v) is 12.3. The fourth-order valence-electron chi connectivity index (χ4n) is 9.76. The van der Waals surface area contributed by atoms with E-state index in [2.05, 4.69) is 5.32 Å². The molecule has 58 heavy (non-hydrogen) atoms. The number of hydrogen-bond donors (Lipinski definition) is 4. The van der Waals surface area contributed by atoms with Gasteiger partial charge in [0.15, 0.2) is 35.8 Å². The summed E-state index contributed by atoms with van der Waals surface area (Å²) in [5.41, 5.74) is -8.91. The van der Waals surface area contributed by atoms with E-state index in [0.29, 0.717) is 0 Å². The molecule has 1 aromatic carbocycles. The number of esters is 3. The minimum Gasteiger partial charge on any atom is -0.454 e. The number of carbonyl (C=O) groups is 6. The van der Waals surface area contributed by atoms with Crippen molar-refractivity contribution in [2.75, 3.05) is 6.61 Å². The van der Waals surface area contributed by atoms with E-state index in [9.17, 15) is 39.3 Å². The normalized spacial score (nSPS) is 35.9. The summed E-state index contributed by atoms with van der Waals surface area (Å²) >= 11 is 0. The second-order valence-electron chi connectivity index (χ2n) is 17.2. The second-order valence-corrected chi connectivity index (χ2v) is 17.2. The Bertz CT molecular complexity index is 1940. The number of carbonyl (C=O) groups excluding carboxylic acids is 6. The Labute approximate surface area is 334 Å². The van der Waals surface area contributed by atoms with Gasteiger partial charge in [-0.05, 0) is 64.8 Å². The number of Topliss-reactive ketones (excluding diaryl/α,β-unsaturated/α-hetero) is 1. The van der Waals surface area contributed by atoms with Gasteiger partial charge in [0.2, 0.25) is 5.60 Å². The van der Waals surface area contributed by atoms with E-state index in [-0.39, 0.29) is 29.7 Å². The van der Waals surface area contributed by atoms with E-state index in [4.69, 9.17) is 33.2 Å². The van der Waals surface area contributed by atoms with Gasteiger partial charge in [-0.25, -0.2) is 19.2 Å². The molecule has 2 aliphatic heterocycles. The van der Waals surface area contributed by atoms with E-state index in [1.54, 1.807) is 45.9 Å². The van der Waals surface area contributed by atoms with Crippen LogP contribution in [0.3, 0.4) is 0 Å². The first-order valence-corrected chi connectivity index (χ1v) is 19.1. The van der Waals surface area contributed by atoms with E-state index >= 15 is 4.79 Å². The predicted molar refractivity (Wildman–Crippen MR) is 198 cm³/mol. The second kappa shape index (κ2) is 14.8. The molecule has 316 valence electrons. The van der Waals surface area contributed by atoms with Crippen LogP contribution in [0.5, 0.6) is 0 Å². The molecule has 1 amide bonds. The zero-order chi connectivity index (χ0) is 42.9. The number of alkyl carbamates (subject to hydrolysis) is 1. The molecule has 2 heterocycles. The van der Waals surface area contributed by atoms with Crippen LogP contribution in [0.4, 0.5) is 9.59 Å². The van der Waals surface area contributed by atoms with Crippen molar-refractivity contribution in [3.8, 4) is 0 Å². The van der Waals surface area contributed by atoms with Crippen LogP contribution in [-0.2, 0) is 47.5 Å². The number of benzene rings is 1. The first-order valence-electron chi connectivity index (χ1n) is 19.1. The number of amides is 1. The molecule has 0 aromatic heterocycles. The van der Waals surface area contributed by atoms with Crippen molar-refractivity contribution in [3.63, 3.8) is 0 Å². The summed E-state index contributed by atoms with van der Waals surface area (Å²) in [6, 6.07) is 6.34. The number of fused-ring (bicyclic) bond motifs is 4. The fraction of sp³-hybridized carbons (Fsp3) is 0.610. The van der Waals surface area contributed by atoms with E-state index in [0.717, 1.165) is 6.92 Å². The van der Waals surface area contributed by atoms with Gasteiger partial charge in [0.25, 0.3) is 0 Å². The van der Waals surface area contributed by atoms with Crippen LogP contribution in [0.15, 0.2) is 53.6 Å². The number of allylic oxidation sites excluding steroid dienone is 1. The summed E-state index contributed by atoms with van der Waals surface area (Å²) in [4.78, 5) is 82.7. The summed E-state index contributed by atoms with van der Waals surface area (Å²) in [6.45, 7) is 13.1. The molecule has 1 aromatic rings. The molecule has 17 nitrogen and oxygen atoms in total. The van der Waals surface area contributed by atoms with Gasteiger partial charge in [0.1, 0.15) is 17.8 Å². The number of hydrogen-bond acceptors (Lipinski definition) is 16. The van der Waals surface area contributed by atoms with Crippen LogP contribution in [0, 0.1) is 16.7 Å². The topological polar surface area (TPSA) is 240 Å². The predicted octanol–water partition coefficient (Wildman–Crippen LogP) is 2.62. The van der Waals surface area contributed by atoms with Gasteiger partial charge in [-0.3, -0.25) is 9.59 Å². The molecule has 5 aliphatic rings. The summed E-state index contributed by atoms with van der Waals surface area (Å²) in [5, 5.41) is 38.0. The molecule has 2 saturated carbocycles. The zero-order valence-corrected chi connectivity index (χ0v) is 33.8. The van der Waals surface area contributed by atoms with Gasteiger partial charge in [-0.15, -0.1) is 0 Å². The van der Waals surface area contributed by atoms with Crippen LogP contribution in [0.25, 0.3) is 0 Å². The third-order valence-electron chi connectivity index (χ3n) is 12.3. The van der Waals surface area contributed by atoms with Crippen molar-refractivity contribution in [1.82, 2.24) is 5.32 Å². The van der Waals surface area contributed by atoms with Gasteiger partial charge in [-0.1, -0.05) is 44.2 Å². The van der Waals surface area contributed by atoms with Crippen molar-refractivity contribution in [3.05, 3.63) is 59.2 Å². The summed E-state index contributed by atoms with van der Waals surface area (Å²) < 4.78 is 41.6. The third kappa shape index (κ3) is 6.55. The fourth-order valence-corrected chi connectivity index (χ4v) is 9.76. The van der Waals surface area contributed by atoms with Gasteiger partial charge in [0, 0.05) is 18.8 Å². The standard InChI is InChI=1S/C41H51NO16/c1-10-14-22(42-35(50)57-37(4,5)6)26(45)34(49)53-28-19(2)25-27(46)30(47)39(9)23(44)17-24-40(18-52-24,56-20(3)43)29(39)32(54-33(48)21-15-12-11-13-16-21)41(38(25,7)8)31(28)55-36(51)58-41/h10-16,22-24,26-29,31-32,44-46H,17-18H2,1-9H3,(H,42,50)/b14-10+/t22-,23-,24+,26+,27+,28+,29?,31-,32-,39+,40-,41+/m0/s1. The SMILES string of the molecule is C/C=C/[C@H](NC(=O)OC(C)(C)C)[C@@H](O)C(=O)O[C@@H]1C(C)=C2[C@@H](O)C(=O)[C@@]3(C)C([C@H](OC(=O)c4ccccc4)[C@@]4(OC(=O)O[C@@H]14)C2(C)C)[C@]1(OC(C)=O)CO[C@@H]1C[C@@H]3O. The monoisotopic (exact) mass is 813 g/mol. The highest BCUT2D eigenvalue weighted by atomic mass is 16.8. The van der Waals surface area contributed by atoms with Crippen molar-refractivity contribution in [1.29, 1.82) is 0 Å². The molecule has 0 radical (unpaired) electrons. The molecule has 4 fully saturated rings. The van der Waals surface area contributed by atoms with Gasteiger partial charge >= 0.3 is 30.2 Å². The maximum absolute atomic E-state index is 15.0. The molecule has 4 N–H and O–H groups in total. The summed E-state index contributed by atoms with van der Waals surface area (Å²) in [5.74, 6) is -5.67. The van der Waals surface area contributed by atoms with E-state index in [1.165, 1.54) is 52.0 Å². The Balaban J connectivity index is 1.56. The quantitative estimate of drug-likeness (QED) is 0.168. The zero-order valence-electron chi connectivity index (χ0n) is 33.8. The minimum atomic E-state index is -2.32. The lowest BCUT2D eigenvalue weighted by Gasteiger charge is -2.67. The maximum Gasteiger partial charge on any atom is 0.509 e. The van der Waals surface area contributed by atoms with Gasteiger partial charge < -0.3 is 53.8 Å². The smallest absolute Gasteiger partial charge is 0.454 e. The lowest BCUT2D eigenvalue weighted by Crippen LogP contribution is -2.83. The lowest BCUT2D eigenvalue weighted by atomic mass is 9.44. The highest BCUT2D eigenvalue weighted by Crippen LogP contribution is 2.66. The van der Waals surface area contributed by atoms with Crippen LogP contribution in [0.2, 0.25) is 0 Å². The number of aliphatic hydroxyl groups is 3. The molecule has 17 heteroatoms. The number of ether oxygens (including phenoxy) is 7. The van der Waals surface area contributed by atoms with Crippen LogP contribution < -0.4 is 5.32 Å². The molecule has 1 spiro atoms. The average Bonchev–Trinajstić information content (AvgIpc) is 3.50. The molecule has 12 atom stereocenters. The molecular formula is C41H51NO16.